The van der Waals surface area contributed by atoms with Crippen molar-refractivity contribution in [2.75, 3.05) is 4.90 Å². The van der Waals surface area contributed by atoms with Gasteiger partial charge in [-0.3, -0.25) is 4.90 Å². The predicted molar refractivity (Wildman–Crippen MR) is 224 cm³/mol. The summed E-state index contributed by atoms with van der Waals surface area (Å²) >= 11 is 5.44. The fourth-order valence-corrected chi connectivity index (χ4v) is 10.8. The van der Waals surface area contributed by atoms with Crippen LogP contribution in [0, 0.1) is 0 Å². The van der Waals surface area contributed by atoms with Crippen molar-refractivity contribution < 1.29 is 0 Å². The first-order valence-corrected chi connectivity index (χ1v) is 19.6. The van der Waals surface area contributed by atoms with Crippen molar-refractivity contribution >= 4 is 112 Å². The van der Waals surface area contributed by atoms with Gasteiger partial charge in [-0.15, -0.1) is 34.0 Å². The molecule has 4 nitrogen and oxygen atoms in total. The Morgan fingerprint density at radius 1 is 0.365 bits per heavy atom. The molecule has 0 unspecified atom stereocenters. The first-order chi connectivity index (χ1) is 25.8. The normalized spacial score (nSPS) is 11.8. The van der Waals surface area contributed by atoms with Gasteiger partial charge in [0, 0.05) is 66.9 Å². The molecule has 0 aliphatic carbocycles. The van der Waals surface area contributed by atoms with Crippen LogP contribution in [0.25, 0.3) is 83.3 Å². The molecule has 11 rings (SSSR count). The molecule has 0 N–H and O–H groups in total. The molecule has 7 aromatic carbocycles. The van der Waals surface area contributed by atoms with Gasteiger partial charge in [-0.2, -0.15) is 9.97 Å². The lowest BCUT2D eigenvalue weighted by atomic mass is 10.1. The van der Waals surface area contributed by atoms with Gasteiger partial charge in [-0.25, -0.2) is 4.98 Å². The Morgan fingerprint density at radius 2 is 0.923 bits per heavy atom. The summed E-state index contributed by atoms with van der Waals surface area (Å²) in [5, 5.41) is 7.34. The lowest BCUT2D eigenvalue weighted by molar-refractivity contribution is 1.03. The van der Waals surface area contributed by atoms with Crippen molar-refractivity contribution in [1.29, 1.82) is 0 Å². The molecule has 4 heterocycles. The zero-order valence-corrected chi connectivity index (χ0v) is 30.0. The summed E-state index contributed by atoms with van der Waals surface area (Å²) in [4.78, 5) is 18.2. The highest BCUT2D eigenvalue weighted by atomic mass is 32.1. The highest BCUT2D eigenvalue weighted by Crippen LogP contribution is 2.48. The van der Waals surface area contributed by atoms with E-state index in [9.17, 15) is 0 Å². The number of anilines is 3. The van der Waals surface area contributed by atoms with Gasteiger partial charge < -0.3 is 0 Å². The van der Waals surface area contributed by atoms with Gasteiger partial charge >= 0.3 is 0 Å². The Kier molecular flexibility index (Phi) is 6.73. The van der Waals surface area contributed by atoms with E-state index in [1.807, 2.05) is 52.2 Å². The van der Waals surface area contributed by atoms with Gasteiger partial charge in [-0.05, 0) is 54.6 Å². The summed E-state index contributed by atoms with van der Waals surface area (Å²) in [6, 6.07) is 56.0. The average Bonchev–Trinajstić information content (AvgIpc) is 3.90. The lowest BCUT2D eigenvalue weighted by Gasteiger charge is -2.25. The van der Waals surface area contributed by atoms with E-state index >= 15 is 0 Å². The fraction of sp³-hybridized carbons (Fsp3) is 0. The van der Waals surface area contributed by atoms with E-state index in [1.54, 1.807) is 0 Å². The van der Waals surface area contributed by atoms with Crippen molar-refractivity contribution in [2.45, 2.75) is 0 Å². The first-order valence-electron chi connectivity index (χ1n) is 17.1. The van der Waals surface area contributed by atoms with Crippen molar-refractivity contribution in [3.8, 4) is 22.8 Å². The molecule has 0 aliphatic heterocycles. The van der Waals surface area contributed by atoms with Crippen LogP contribution in [-0.4, -0.2) is 15.0 Å². The maximum atomic E-state index is 5.40. The molecule has 244 valence electrons. The molecule has 0 spiro atoms. The maximum absolute atomic E-state index is 5.40. The van der Waals surface area contributed by atoms with Crippen LogP contribution in [0.3, 0.4) is 0 Å². The Labute approximate surface area is 310 Å². The summed E-state index contributed by atoms with van der Waals surface area (Å²) in [5.74, 6) is 1.84. The van der Waals surface area contributed by atoms with Gasteiger partial charge in [0.15, 0.2) is 11.6 Å². The number of thiophene rings is 3. The van der Waals surface area contributed by atoms with Crippen molar-refractivity contribution in [3.05, 3.63) is 158 Å². The van der Waals surface area contributed by atoms with E-state index in [1.165, 1.54) is 60.5 Å². The summed E-state index contributed by atoms with van der Waals surface area (Å²) in [7, 11) is 0. The van der Waals surface area contributed by atoms with E-state index in [-0.39, 0.29) is 0 Å². The Bertz CT molecular complexity index is 3160. The van der Waals surface area contributed by atoms with Crippen LogP contribution in [0.2, 0.25) is 0 Å². The van der Waals surface area contributed by atoms with Crippen LogP contribution in [0.1, 0.15) is 0 Å². The molecular weight excluding hydrogens is 693 g/mol. The molecule has 0 atom stereocenters. The first kappa shape index (κ1) is 29.7. The number of hydrogen-bond donors (Lipinski definition) is 0. The molecule has 0 aliphatic rings. The number of hydrogen-bond acceptors (Lipinski definition) is 7. The van der Waals surface area contributed by atoms with Gasteiger partial charge in [0.25, 0.3) is 0 Å². The third-order valence-electron chi connectivity index (χ3n) is 9.74. The highest BCUT2D eigenvalue weighted by Gasteiger charge is 2.25. The maximum Gasteiger partial charge on any atom is 0.238 e. The highest BCUT2D eigenvalue weighted by molar-refractivity contribution is 7.27. The van der Waals surface area contributed by atoms with E-state index in [0.29, 0.717) is 17.6 Å². The molecule has 52 heavy (non-hydrogen) atoms. The third-order valence-corrected chi connectivity index (χ3v) is 13.2. The van der Waals surface area contributed by atoms with Crippen LogP contribution in [0.4, 0.5) is 17.3 Å². The number of aromatic nitrogens is 3. The van der Waals surface area contributed by atoms with Crippen molar-refractivity contribution in [1.82, 2.24) is 15.0 Å². The Morgan fingerprint density at radius 3 is 1.73 bits per heavy atom. The van der Waals surface area contributed by atoms with Crippen LogP contribution in [0.15, 0.2) is 158 Å². The standard InChI is InChI=1S/C45H26N4S3/c1-2-12-27(13-3-1)43-46-44(28-24-25-39-33(26-28)30-15-5-7-20-36(30)50-39)48-45(47-43)49(34-18-11-23-40-41(34)32-16-6-9-22-38(32)51-40)35-19-10-17-31-29-14-4-8-21-37(29)52-42(31)35/h1-26H. The number of fused-ring (bicyclic) bond motifs is 9. The smallest absolute Gasteiger partial charge is 0.238 e. The molecule has 0 radical (unpaired) electrons. The topological polar surface area (TPSA) is 41.9 Å². The van der Waals surface area contributed by atoms with Crippen LogP contribution in [0.5, 0.6) is 0 Å². The van der Waals surface area contributed by atoms with Crippen molar-refractivity contribution in [2.24, 2.45) is 0 Å². The van der Waals surface area contributed by atoms with E-state index in [2.05, 4.69) is 144 Å². The molecule has 0 fully saturated rings. The number of rotatable bonds is 5. The van der Waals surface area contributed by atoms with Gasteiger partial charge in [0.1, 0.15) is 0 Å². The largest absolute Gasteiger partial charge is 0.277 e. The molecule has 0 bridgehead atoms. The third kappa shape index (κ3) is 4.67. The predicted octanol–water partition coefficient (Wildman–Crippen LogP) is 13.8. The van der Waals surface area contributed by atoms with Crippen LogP contribution >= 0.6 is 34.0 Å². The quantitative estimate of drug-likeness (QED) is 0.178. The summed E-state index contributed by atoms with van der Waals surface area (Å²) in [6.45, 7) is 0. The minimum absolute atomic E-state index is 0.576. The second-order valence-corrected chi connectivity index (χ2v) is 16.0. The zero-order valence-electron chi connectivity index (χ0n) is 27.5. The molecule has 4 aromatic heterocycles. The molecule has 7 heteroatoms. The second kappa shape index (κ2) is 11.8. The molecule has 0 amide bonds. The number of benzene rings is 7. The number of nitrogens with zero attached hydrogens (tertiary/aromatic N) is 4. The zero-order chi connectivity index (χ0) is 34.2. The van der Waals surface area contributed by atoms with Gasteiger partial charge in [-0.1, -0.05) is 103 Å². The Balaban J connectivity index is 1.23. The molecular formula is C45H26N4S3. The fourth-order valence-electron chi connectivity index (χ4n) is 7.37. The lowest BCUT2D eigenvalue weighted by Crippen LogP contribution is -2.15. The second-order valence-electron chi connectivity index (χ2n) is 12.8. The van der Waals surface area contributed by atoms with E-state index in [4.69, 9.17) is 15.0 Å². The Hall–Kier alpha value is -5.99. The summed E-state index contributed by atoms with van der Waals surface area (Å²) in [6.07, 6.45) is 0. The molecule has 0 saturated carbocycles. The van der Waals surface area contributed by atoms with Crippen LogP contribution < -0.4 is 4.90 Å². The molecule has 0 saturated heterocycles. The minimum Gasteiger partial charge on any atom is -0.277 e. The monoisotopic (exact) mass is 718 g/mol. The SMILES string of the molecule is c1ccc(-c2nc(-c3ccc4sc5ccccc5c4c3)nc(N(c3cccc4c3sc3ccccc34)c3cccc4sc5ccccc5c34)n2)cc1. The van der Waals surface area contributed by atoms with Gasteiger partial charge in [0.2, 0.25) is 5.95 Å². The van der Waals surface area contributed by atoms with Crippen molar-refractivity contribution in [3.63, 3.8) is 0 Å². The van der Waals surface area contributed by atoms with Crippen LogP contribution in [-0.2, 0) is 0 Å². The minimum atomic E-state index is 0.576. The summed E-state index contributed by atoms with van der Waals surface area (Å²) in [5.41, 5.74) is 3.97. The summed E-state index contributed by atoms with van der Waals surface area (Å²) < 4.78 is 7.43. The van der Waals surface area contributed by atoms with E-state index < -0.39 is 0 Å². The van der Waals surface area contributed by atoms with E-state index in [0.717, 1.165) is 22.5 Å². The van der Waals surface area contributed by atoms with Gasteiger partial charge in [0.05, 0.1) is 16.1 Å². The average molecular weight is 719 g/mol. The molecule has 11 aromatic rings.